The summed E-state index contributed by atoms with van der Waals surface area (Å²) in [6, 6.07) is 16.5. The van der Waals surface area contributed by atoms with Gasteiger partial charge < -0.3 is 19.6 Å². The van der Waals surface area contributed by atoms with Crippen LogP contribution >= 0.6 is 0 Å². The summed E-state index contributed by atoms with van der Waals surface area (Å²) < 4.78 is 4.90. The summed E-state index contributed by atoms with van der Waals surface area (Å²) in [6.45, 7) is 0.817. The zero-order chi connectivity index (χ0) is 21.3. The lowest BCUT2D eigenvalue weighted by molar-refractivity contribution is -0.123. The van der Waals surface area contributed by atoms with Gasteiger partial charge in [-0.25, -0.2) is 9.59 Å². The highest BCUT2D eigenvalue weighted by Crippen LogP contribution is 2.41. The molecule has 0 aliphatic carbocycles. The molecule has 2 aromatic carbocycles. The smallest absolute Gasteiger partial charge is 0.407 e. The summed E-state index contributed by atoms with van der Waals surface area (Å²) in [7, 11) is 1.31. The number of carbonyl (C=O) groups is 3. The molecule has 2 aliphatic heterocycles. The van der Waals surface area contributed by atoms with Gasteiger partial charge in [-0.15, -0.1) is 0 Å². The Balaban J connectivity index is 1.76. The monoisotopic (exact) mass is 409 g/mol. The molecular weight excluding hydrogens is 386 g/mol. The van der Waals surface area contributed by atoms with Gasteiger partial charge >= 0.3 is 12.1 Å². The third kappa shape index (κ3) is 3.14. The second kappa shape index (κ2) is 7.70. The van der Waals surface area contributed by atoms with Gasteiger partial charge in [0.1, 0.15) is 5.54 Å². The molecule has 0 radical (unpaired) electrons. The predicted octanol–water partition coefficient (Wildman–Crippen LogP) is 2.80. The van der Waals surface area contributed by atoms with E-state index in [0.717, 1.165) is 5.69 Å². The van der Waals surface area contributed by atoms with Gasteiger partial charge in [0.25, 0.3) is 5.91 Å². The van der Waals surface area contributed by atoms with Crippen LogP contribution in [0.2, 0.25) is 0 Å². The Bertz CT molecular complexity index is 970. The molecule has 2 amide bonds. The molecule has 2 heterocycles. The Kier molecular flexibility index (Phi) is 5.07. The van der Waals surface area contributed by atoms with E-state index in [1.165, 1.54) is 12.0 Å². The topological polar surface area (TPSA) is 90.4 Å². The second-order valence-corrected chi connectivity index (χ2v) is 7.45. The number of para-hydroxylation sites is 2. The van der Waals surface area contributed by atoms with E-state index >= 15 is 0 Å². The Hall–Kier alpha value is -3.55. The van der Waals surface area contributed by atoms with Crippen molar-refractivity contribution >= 4 is 29.3 Å². The van der Waals surface area contributed by atoms with Crippen LogP contribution in [0.4, 0.5) is 16.2 Å². The van der Waals surface area contributed by atoms with Crippen LogP contribution in [0.3, 0.4) is 0 Å². The molecule has 2 fully saturated rings. The maximum absolute atomic E-state index is 13.8. The first-order valence-corrected chi connectivity index (χ1v) is 9.78. The number of rotatable bonds is 3. The van der Waals surface area contributed by atoms with E-state index in [0.29, 0.717) is 24.1 Å². The largest absolute Gasteiger partial charge is 0.465 e. The molecule has 0 bridgehead atoms. The van der Waals surface area contributed by atoms with Gasteiger partial charge in [-0.2, -0.15) is 0 Å². The van der Waals surface area contributed by atoms with Crippen molar-refractivity contribution in [2.75, 3.05) is 36.7 Å². The van der Waals surface area contributed by atoms with Crippen LogP contribution in [0.1, 0.15) is 23.2 Å². The van der Waals surface area contributed by atoms with Gasteiger partial charge in [0.2, 0.25) is 0 Å². The van der Waals surface area contributed by atoms with Crippen molar-refractivity contribution in [2.24, 2.45) is 0 Å². The van der Waals surface area contributed by atoms with Gasteiger partial charge in [-0.05, 0) is 37.1 Å². The van der Waals surface area contributed by atoms with E-state index in [2.05, 4.69) is 0 Å². The second-order valence-electron chi connectivity index (χ2n) is 7.45. The average molecular weight is 409 g/mol. The third-order valence-electron chi connectivity index (χ3n) is 5.97. The highest BCUT2D eigenvalue weighted by atomic mass is 16.5. The first-order valence-electron chi connectivity index (χ1n) is 9.78. The fourth-order valence-corrected chi connectivity index (χ4v) is 4.37. The molecule has 0 saturated carbocycles. The average Bonchev–Trinajstić information content (AvgIpc) is 3.06. The van der Waals surface area contributed by atoms with Crippen molar-refractivity contribution in [3.8, 4) is 0 Å². The zero-order valence-corrected chi connectivity index (χ0v) is 16.7. The van der Waals surface area contributed by atoms with Crippen LogP contribution < -0.4 is 9.80 Å². The van der Waals surface area contributed by atoms with Crippen LogP contribution in [-0.2, 0) is 9.53 Å². The number of amides is 2. The maximum atomic E-state index is 13.8. The number of methoxy groups -OCH3 is 1. The van der Waals surface area contributed by atoms with E-state index in [-0.39, 0.29) is 25.7 Å². The van der Waals surface area contributed by atoms with Crippen LogP contribution in [0, 0.1) is 0 Å². The number of hydrogen-bond acceptors (Lipinski definition) is 5. The molecule has 0 unspecified atom stereocenters. The standard InChI is InChI=1S/C22H23N3O5/c1-30-19(26)17-9-5-6-10-18(17)24-15-25(16-7-3-2-4-8-16)22(20(24)27)11-13-23(14-12-22)21(28)29/h2-10H,11-15H2,1H3,(H,28,29). The Morgan fingerprint density at radius 1 is 1.00 bits per heavy atom. The number of esters is 1. The molecule has 156 valence electrons. The molecule has 2 aliphatic rings. The van der Waals surface area contributed by atoms with Gasteiger partial charge in [-0.3, -0.25) is 9.69 Å². The summed E-state index contributed by atoms with van der Waals surface area (Å²) in [5.74, 6) is -0.640. The van der Waals surface area contributed by atoms with Crippen LogP contribution in [0.15, 0.2) is 54.6 Å². The van der Waals surface area contributed by atoms with Crippen LogP contribution in [0.5, 0.6) is 0 Å². The molecule has 8 heteroatoms. The summed E-state index contributed by atoms with van der Waals surface area (Å²) >= 11 is 0. The minimum atomic E-state index is -0.977. The number of carboxylic acid groups (broad SMARTS) is 1. The first-order chi connectivity index (χ1) is 14.5. The van der Waals surface area contributed by atoms with Crippen molar-refractivity contribution in [2.45, 2.75) is 18.4 Å². The normalized spacial score (nSPS) is 18.0. The number of likely N-dealkylation sites (tertiary alicyclic amines) is 1. The molecule has 2 saturated heterocycles. The molecular formula is C22H23N3O5. The minimum Gasteiger partial charge on any atom is -0.465 e. The number of anilines is 2. The first kappa shape index (κ1) is 19.8. The summed E-state index contributed by atoms with van der Waals surface area (Å²) in [4.78, 5) is 42.4. The van der Waals surface area contributed by atoms with E-state index < -0.39 is 17.6 Å². The number of hydrogen-bond donors (Lipinski definition) is 1. The van der Waals surface area contributed by atoms with E-state index in [4.69, 9.17) is 4.74 Å². The summed E-state index contributed by atoms with van der Waals surface area (Å²) in [5, 5.41) is 9.34. The Morgan fingerprint density at radius 3 is 2.27 bits per heavy atom. The van der Waals surface area contributed by atoms with E-state index in [1.807, 2.05) is 35.2 Å². The van der Waals surface area contributed by atoms with Crippen molar-refractivity contribution in [1.82, 2.24) is 4.90 Å². The number of piperidine rings is 1. The molecule has 0 aromatic heterocycles. The molecule has 1 N–H and O–H groups in total. The van der Waals surface area contributed by atoms with Gasteiger partial charge in [-0.1, -0.05) is 30.3 Å². The number of benzene rings is 2. The van der Waals surface area contributed by atoms with Crippen LogP contribution in [-0.4, -0.2) is 60.4 Å². The van der Waals surface area contributed by atoms with Gasteiger partial charge in [0, 0.05) is 18.8 Å². The number of carbonyl (C=O) groups excluding carboxylic acids is 2. The van der Waals surface area contributed by atoms with Gasteiger partial charge in [0.05, 0.1) is 25.0 Å². The lowest BCUT2D eigenvalue weighted by Gasteiger charge is -2.42. The SMILES string of the molecule is COC(=O)c1ccccc1N1CN(c2ccccc2)C2(CCN(C(=O)O)CC2)C1=O. The summed E-state index contributed by atoms with van der Waals surface area (Å²) in [5.41, 5.74) is 0.832. The van der Waals surface area contributed by atoms with Gasteiger partial charge in [0.15, 0.2) is 0 Å². The van der Waals surface area contributed by atoms with Crippen molar-refractivity contribution in [1.29, 1.82) is 0 Å². The zero-order valence-electron chi connectivity index (χ0n) is 16.7. The lowest BCUT2D eigenvalue weighted by atomic mass is 9.85. The maximum Gasteiger partial charge on any atom is 0.407 e. The number of ether oxygens (including phenoxy) is 1. The van der Waals surface area contributed by atoms with Crippen molar-refractivity contribution in [3.05, 3.63) is 60.2 Å². The van der Waals surface area contributed by atoms with Crippen molar-refractivity contribution < 1.29 is 24.2 Å². The van der Waals surface area contributed by atoms with Crippen molar-refractivity contribution in [3.63, 3.8) is 0 Å². The highest BCUT2D eigenvalue weighted by Gasteiger charge is 2.55. The molecule has 30 heavy (non-hydrogen) atoms. The van der Waals surface area contributed by atoms with E-state index in [9.17, 15) is 19.5 Å². The molecule has 1 spiro atoms. The molecule has 4 rings (SSSR count). The quantitative estimate of drug-likeness (QED) is 0.784. The summed E-state index contributed by atoms with van der Waals surface area (Å²) in [6.07, 6.45) is -0.220. The highest BCUT2D eigenvalue weighted by molar-refractivity contribution is 6.09. The van der Waals surface area contributed by atoms with E-state index in [1.54, 1.807) is 29.2 Å². The Morgan fingerprint density at radius 2 is 1.63 bits per heavy atom. The fraction of sp³-hybridized carbons (Fsp3) is 0.318. The molecule has 2 aromatic rings. The fourth-order valence-electron chi connectivity index (χ4n) is 4.37. The van der Waals surface area contributed by atoms with Crippen LogP contribution in [0.25, 0.3) is 0 Å². The minimum absolute atomic E-state index is 0.132. The number of nitrogens with zero attached hydrogens (tertiary/aromatic N) is 3. The lowest BCUT2D eigenvalue weighted by Crippen LogP contribution is -2.57. The Labute approximate surface area is 174 Å². The third-order valence-corrected chi connectivity index (χ3v) is 5.97. The molecule has 8 nitrogen and oxygen atoms in total. The molecule has 0 atom stereocenters. The predicted molar refractivity (Wildman–Crippen MR) is 111 cm³/mol.